The molecule has 0 spiro atoms. The molecular formula is C15H19ClN2O4. The van der Waals surface area contributed by atoms with Crippen molar-refractivity contribution < 1.29 is 19.1 Å². The standard InChI is InChI=1S/C15H19ClN2O4/c1-15(2,3)22-14(20)17-10-8-21-12-9(16)6-5-7-11(12)18(4)13(10)19/h5-7,10H,8H2,1-4H3,(H,17,20)/t10-/m0/s1. The topological polar surface area (TPSA) is 67.9 Å². The lowest BCUT2D eigenvalue weighted by molar-refractivity contribution is -0.120. The van der Waals surface area contributed by atoms with E-state index >= 15 is 0 Å². The molecule has 1 aromatic rings. The van der Waals surface area contributed by atoms with E-state index in [1.807, 2.05) is 0 Å². The molecule has 7 heteroatoms. The molecule has 2 rings (SSSR count). The number of carbonyl (C=O) groups excluding carboxylic acids is 2. The summed E-state index contributed by atoms with van der Waals surface area (Å²) in [7, 11) is 1.61. The molecule has 0 bridgehead atoms. The van der Waals surface area contributed by atoms with E-state index in [0.29, 0.717) is 16.5 Å². The Hall–Kier alpha value is -1.95. The molecule has 120 valence electrons. The Morgan fingerprint density at radius 1 is 1.45 bits per heavy atom. The molecule has 1 N–H and O–H groups in total. The molecule has 0 saturated heterocycles. The first-order chi connectivity index (χ1) is 10.2. The normalized spacial score (nSPS) is 18.1. The second kappa shape index (κ2) is 6.04. The summed E-state index contributed by atoms with van der Waals surface area (Å²) in [6.07, 6.45) is -0.667. The average Bonchev–Trinajstić information content (AvgIpc) is 2.50. The first kappa shape index (κ1) is 16.4. The number of hydrogen-bond acceptors (Lipinski definition) is 4. The number of likely N-dealkylation sites (N-methyl/N-ethyl adjacent to an activating group) is 1. The third kappa shape index (κ3) is 3.62. The zero-order chi connectivity index (χ0) is 16.5. The highest BCUT2D eigenvalue weighted by molar-refractivity contribution is 6.32. The number of alkyl carbamates (subject to hydrolysis) is 1. The largest absolute Gasteiger partial charge is 0.487 e. The van der Waals surface area contributed by atoms with E-state index in [1.54, 1.807) is 46.0 Å². The second-order valence-electron chi connectivity index (χ2n) is 6.00. The van der Waals surface area contributed by atoms with Crippen molar-refractivity contribution in [1.82, 2.24) is 5.32 Å². The number of anilines is 1. The van der Waals surface area contributed by atoms with Gasteiger partial charge in [-0.15, -0.1) is 0 Å². The van der Waals surface area contributed by atoms with Crippen molar-refractivity contribution in [2.75, 3.05) is 18.6 Å². The van der Waals surface area contributed by atoms with Crippen molar-refractivity contribution in [1.29, 1.82) is 0 Å². The van der Waals surface area contributed by atoms with Gasteiger partial charge >= 0.3 is 6.09 Å². The number of benzene rings is 1. The minimum Gasteiger partial charge on any atom is -0.487 e. The minimum absolute atomic E-state index is 0.0147. The van der Waals surface area contributed by atoms with Crippen LogP contribution in [-0.2, 0) is 9.53 Å². The summed E-state index contributed by atoms with van der Waals surface area (Å²) in [5.41, 5.74) is -0.0809. The number of nitrogens with zero attached hydrogens (tertiary/aromatic N) is 1. The predicted molar refractivity (Wildman–Crippen MR) is 83.5 cm³/mol. The van der Waals surface area contributed by atoms with Crippen LogP contribution in [-0.4, -0.2) is 37.3 Å². The van der Waals surface area contributed by atoms with E-state index < -0.39 is 17.7 Å². The SMILES string of the molecule is CN1C(=O)[C@@H](NC(=O)OC(C)(C)C)COc2c(Cl)cccc21. The van der Waals surface area contributed by atoms with Crippen LogP contribution in [0.3, 0.4) is 0 Å². The van der Waals surface area contributed by atoms with Crippen LogP contribution in [0.25, 0.3) is 0 Å². The lowest BCUT2D eigenvalue weighted by Crippen LogP contribution is -2.50. The highest BCUT2D eigenvalue weighted by Gasteiger charge is 2.32. The van der Waals surface area contributed by atoms with Gasteiger partial charge < -0.3 is 19.7 Å². The van der Waals surface area contributed by atoms with Gasteiger partial charge in [-0.1, -0.05) is 17.7 Å². The zero-order valence-electron chi connectivity index (χ0n) is 13.0. The molecule has 6 nitrogen and oxygen atoms in total. The van der Waals surface area contributed by atoms with Crippen LogP contribution in [0.4, 0.5) is 10.5 Å². The maximum Gasteiger partial charge on any atom is 0.408 e. The van der Waals surface area contributed by atoms with E-state index in [4.69, 9.17) is 21.1 Å². The molecule has 1 atom stereocenters. The van der Waals surface area contributed by atoms with Crippen LogP contribution in [0, 0.1) is 0 Å². The number of nitrogens with one attached hydrogen (secondary N) is 1. The maximum atomic E-state index is 12.5. The Kier molecular flexibility index (Phi) is 4.51. The summed E-state index contributed by atoms with van der Waals surface area (Å²) >= 11 is 6.09. The zero-order valence-corrected chi connectivity index (χ0v) is 13.7. The summed E-state index contributed by atoms with van der Waals surface area (Å²) in [5, 5.41) is 2.94. The van der Waals surface area contributed by atoms with Gasteiger partial charge in [0.2, 0.25) is 0 Å². The van der Waals surface area contributed by atoms with Crippen molar-refractivity contribution in [3.63, 3.8) is 0 Å². The Bertz CT molecular complexity index is 598. The number of amides is 2. The number of halogens is 1. The van der Waals surface area contributed by atoms with Gasteiger partial charge in [-0.05, 0) is 32.9 Å². The smallest absolute Gasteiger partial charge is 0.408 e. The first-order valence-corrected chi connectivity index (χ1v) is 7.25. The van der Waals surface area contributed by atoms with Gasteiger partial charge in [0.25, 0.3) is 5.91 Å². The molecule has 0 aliphatic carbocycles. The summed E-state index contributed by atoms with van der Waals surface area (Å²) in [6.45, 7) is 5.23. The van der Waals surface area contributed by atoms with Crippen LogP contribution in [0.2, 0.25) is 5.02 Å². The maximum absolute atomic E-state index is 12.5. The Morgan fingerprint density at radius 2 is 2.14 bits per heavy atom. The minimum atomic E-state index is -0.844. The monoisotopic (exact) mass is 326 g/mol. The van der Waals surface area contributed by atoms with Crippen LogP contribution in [0.1, 0.15) is 20.8 Å². The quantitative estimate of drug-likeness (QED) is 0.861. The van der Waals surface area contributed by atoms with Gasteiger partial charge in [0, 0.05) is 7.05 Å². The number of fused-ring (bicyclic) bond motifs is 1. The van der Waals surface area contributed by atoms with E-state index in [-0.39, 0.29) is 12.5 Å². The van der Waals surface area contributed by atoms with Crippen LogP contribution in [0.15, 0.2) is 18.2 Å². The summed E-state index contributed by atoms with van der Waals surface area (Å²) in [4.78, 5) is 25.7. The Balaban J connectivity index is 2.16. The van der Waals surface area contributed by atoms with Crippen LogP contribution >= 0.6 is 11.6 Å². The lowest BCUT2D eigenvalue weighted by atomic mass is 10.2. The van der Waals surface area contributed by atoms with Gasteiger partial charge in [-0.25, -0.2) is 4.79 Å². The molecule has 0 unspecified atom stereocenters. The van der Waals surface area contributed by atoms with Crippen LogP contribution in [0.5, 0.6) is 5.75 Å². The second-order valence-corrected chi connectivity index (χ2v) is 6.40. The number of hydrogen-bond donors (Lipinski definition) is 1. The van der Waals surface area contributed by atoms with Crippen molar-refractivity contribution in [3.8, 4) is 5.75 Å². The summed E-state index contributed by atoms with van der Waals surface area (Å²) in [5.74, 6) is 0.125. The van der Waals surface area contributed by atoms with Crippen molar-refractivity contribution >= 4 is 29.3 Å². The third-order valence-electron chi connectivity index (χ3n) is 3.02. The molecule has 0 fully saturated rings. The molecule has 2 amide bonds. The third-order valence-corrected chi connectivity index (χ3v) is 3.32. The molecule has 1 aliphatic heterocycles. The molecule has 1 aliphatic rings. The average molecular weight is 327 g/mol. The van der Waals surface area contributed by atoms with E-state index in [0.717, 1.165) is 0 Å². The van der Waals surface area contributed by atoms with Gasteiger partial charge in [0.05, 0.1) is 10.7 Å². The summed E-state index contributed by atoms with van der Waals surface area (Å²) < 4.78 is 10.8. The molecular weight excluding hydrogens is 308 g/mol. The van der Waals surface area contributed by atoms with E-state index in [2.05, 4.69) is 5.32 Å². The fourth-order valence-electron chi connectivity index (χ4n) is 2.05. The van der Waals surface area contributed by atoms with Crippen molar-refractivity contribution in [3.05, 3.63) is 23.2 Å². The predicted octanol–water partition coefficient (Wildman–Crippen LogP) is 2.59. The fraction of sp³-hybridized carbons (Fsp3) is 0.467. The molecule has 0 aromatic heterocycles. The van der Waals surface area contributed by atoms with Gasteiger partial charge in [0.1, 0.15) is 18.2 Å². The Morgan fingerprint density at radius 3 is 2.77 bits per heavy atom. The molecule has 0 radical (unpaired) electrons. The summed E-state index contributed by atoms with van der Waals surface area (Å²) in [6, 6.07) is 4.30. The lowest BCUT2D eigenvalue weighted by Gasteiger charge is -2.23. The molecule has 0 saturated carbocycles. The molecule has 22 heavy (non-hydrogen) atoms. The van der Waals surface area contributed by atoms with E-state index in [9.17, 15) is 9.59 Å². The number of ether oxygens (including phenoxy) is 2. The van der Waals surface area contributed by atoms with E-state index in [1.165, 1.54) is 4.90 Å². The van der Waals surface area contributed by atoms with Crippen LogP contribution < -0.4 is 15.0 Å². The fourth-order valence-corrected chi connectivity index (χ4v) is 2.27. The number of carbonyl (C=O) groups is 2. The number of para-hydroxylation sites is 1. The van der Waals surface area contributed by atoms with Crippen molar-refractivity contribution in [2.45, 2.75) is 32.4 Å². The van der Waals surface area contributed by atoms with Gasteiger partial charge in [0.15, 0.2) is 5.75 Å². The first-order valence-electron chi connectivity index (χ1n) is 6.87. The van der Waals surface area contributed by atoms with Crippen molar-refractivity contribution in [2.24, 2.45) is 0 Å². The van der Waals surface area contributed by atoms with Gasteiger partial charge in [-0.3, -0.25) is 4.79 Å². The molecule has 1 heterocycles. The highest BCUT2D eigenvalue weighted by Crippen LogP contribution is 2.36. The van der Waals surface area contributed by atoms with Gasteiger partial charge in [-0.2, -0.15) is 0 Å². The number of rotatable bonds is 1. The Labute approximate surface area is 134 Å². The molecule has 1 aromatic carbocycles. The highest BCUT2D eigenvalue weighted by atomic mass is 35.5.